The number of aliphatic imine (C=N–C) groups is 1. The molecule has 0 radical (unpaired) electrons. The van der Waals surface area contributed by atoms with Crippen molar-refractivity contribution < 1.29 is 14.4 Å². The second-order valence-corrected chi connectivity index (χ2v) is 14.8. The normalized spacial score (nSPS) is 30.3. The molecule has 0 bridgehead atoms. The number of nitrogens with zero attached hydrogens (tertiary/aromatic N) is 7. The Kier molecular flexibility index (Phi) is 6.80. The second kappa shape index (κ2) is 10.6. The van der Waals surface area contributed by atoms with E-state index in [9.17, 15) is 10.4 Å². The predicted molar refractivity (Wildman–Crippen MR) is 170 cm³/mol. The van der Waals surface area contributed by atoms with Crippen molar-refractivity contribution in [1.29, 1.82) is 5.26 Å². The van der Waals surface area contributed by atoms with E-state index in [4.69, 9.17) is 30.2 Å². The molecule has 1 aliphatic carbocycles. The number of piperidine rings is 1. The molecular formula is C32H41N9O3S. The van der Waals surface area contributed by atoms with Gasteiger partial charge in [-0.2, -0.15) is 10.4 Å². The molecule has 1 spiro atoms. The quantitative estimate of drug-likeness (QED) is 0.388. The van der Waals surface area contributed by atoms with Crippen molar-refractivity contribution in [3.63, 3.8) is 0 Å². The van der Waals surface area contributed by atoms with Crippen LogP contribution in [0.4, 0.5) is 10.8 Å². The van der Waals surface area contributed by atoms with Gasteiger partial charge in [-0.25, -0.2) is 9.67 Å². The van der Waals surface area contributed by atoms with Crippen LogP contribution in [-0.4, -0.2) is 80.6 Å². The van der Waals surface area contributed by atoms with Crippen LogP contribution < -0.4 is 11.1 Å². The Bertz CT molecular complexity index is 1710. The molecule has 0 aromatic carbocycles. The molecule has 45 heavy (non-hydrogen) atoms. The molecule has 13 heteroatoms. The van der Waals surface area contributed by atoms with Crippen molar-refractivity contribution in [1.82, 2.24) is 24.7 Å². The van der Waals surface area contributed by atoms with E-state index in [0.717, 1.165) is 84.1 Å². The van der Waals surface area contributed by atoms with E-state index in [-0.39, 0.29) is 6.04 Å². The van der Waals surface area contributed by atoms with E-state index < -0.39 is 17.4 Å². The van der Waals surface area contributed by atoms with Gasteiger partial charge in [0.1, 0.15) is 28.4 Å². The molecule has 1 unspecified atom stereocenters. The number of aliphatic hydroxyl groups is 1. The molecule has 5 atom stereocenters. The second-order valence-electron chi connectivity index (χ2n) is 13.7. The molecule has 0 amide bonds. The Labute approximate surface area is 266 Å². The Morgan fingerprint density at radius 2 is 2.11 bits per heavy atom. The van der Waals surface area contributed by atoms with E-state index in [0.29, 0.717) is 48.4 Å². The summed E-state index contributed by atoms with van der Waals surface area (Å²) in [5, 5.41) is 35.0. The first-order valence-electron chi connectivity index (χ1n) is 16.2. The molecule has 12 nitrogen and oxygen atoms in total. The van der Waals surface area contributed by atoms with E-state index in [2.05, 4.69) is 39.8 Å². The number of nitrogens with two attached hydrogens (primary N) is 1. The van der Waals surface area contributed by atoms with Gasteiger partial charge in [-0.15, -0.1) is 11.3 Å². The number of rotatable bonds is 3. The Balaban J connectivity index is 1.23. The number of likely N-dealkylation sites (N-methyl/N-ethyl adjacent to an activating group) is 1. The monoisotopic (exact) mass is 631 g/mol. The minimum atomic E-state index is -0.882. The van der Waals surface area contributed by atoms with Gasteiger partial charge in [0.05, 0.1) is 35.6 Å². The smallest absolute Gasteiger partial charge is 0.176 e. The van der Waals surface area contributed by atoms with Gasteiger partial charge in [-0.3, -0.25) is 0 Å². The number of nitrogen functional groups attached to an aromatic ring is 1. The Morgan fingerprint density at radius 1 is 1.24 bits per heavy atom. The zero-order valence-corrected chi connectivity index (χ0v) is 27.0. The Morgan fingerprint density at radius 3 is 2.89 bits per heavy atom. The van der Waals surface area contributed by atoms with Gasteiger partial charge in [0.15, 0.2) is 17.5 Å². The van der Waals surface area contributed by atoms with Crippen LogP contribution in [-0.2, 0) is 23.2 Å². The van der Waals surface area contributed by atoms with Crippen molar-refractivity contribution in [2.75, 3.05) is 44.3 Å². The number of fused-ring (bicyclic) bond motifs is 5. The zero-order chi connectivity index (χ0) is 31.1. The van der Waals surface area contributed by atoms with Crippen LogP contribution in [0.2, 0.25) is 0 Å². The van der Waals surface area contributed by atoms with Gasteiger partial charge in [0.25, 0.3) is 0 Å². The van der Waals surface area contributed by atoms with Crippen molar-refractivity contribution in [3.05, 3.63) is 44.8 Å². The molecule has 4 aliphatic heterocycles. The van der Waals surface area contributed by atoms with Gasteiger partial charge < -0.3 is 35.2 Å². The fourth-order valence-corrected chi connectivity index (χ4v) is 9.65. The van der Waals surface area contributed by atoms with Gasteiger partial charge in [0.2, 0.25) is 0 Å². The summed E-state index contributed by atoms with van der Waals surface area (Å²) in [5.74, 6) is 2.40. The van der Waals surface area contributed by atoms with Crippen molar-refractivity contribution in [2.45, 2.75) is 94.7 Å². The maximum atomic E-state index is 11.1. The number of thiophene rings is 1. The van der Waals surface area contributed by atoms with E-state index in [1.54, 1.807) is 0 Å². The predicted octanol–water partition coefficient (Wildman–Crippen LogP) is 3.91. The van der Waals surface area contributed by atoms with Crippen molar-refractivity contribution in [3.8, 4) is 6.07 Å². The lowest BCUT2D eigenvalue weighted by Gasteiger charge is -2.40. The number of ether oxygens (including phenoxy) is 1. The highest BCUT2D eigenvalue weighted by Gasteiger charge is 2.51. The van der Waals surface area contributed by atoms with Crippen LogP contribution in [0.3, 0.4) is 0 Å². The van der Waals surface area contributed by atoms with Crippen LogP contribution in [0.5, 0.6) is 0 Å². The molecule has 7 heterocycles. The number of aryl methyl sites for hydroxylation is 1. The van der Waals surface area contributed by atoms with Gasteiger partial charge in [-0.1, -0.05) is 5.16 Å². The van der Waals surface area contributed by atoms with Crippen LogP contribution in [0.1, 0.15) is 103 Å². The first-order chi connectivity index (χ1) is 21.7. The largest absolute Gasteiger partial charge is 0.389 e. The summed E-state index contributed by atoms with van der Waals surface area (Å²) in [4.78, 5) is 11.0. The molecule has 3 aromatic rings. The standard InChI is InChI=1S/C32H41N9O3S/c1-18(22-7-5-12-39(22)3)41-30-21(16-35-41)29(40-13-6-10-31(2,42)17-40)36-28(37-30)25-19-9-14-43-32(26(19)44-38-25)11-4-8-23-24(32)20(15-33)27(34)45-23/h16,18,22,28,37,42H,4-14,17,34H2,1-3H3/t18-,22-,28?,31+,32-/m0/s1. The lowest BCUT2D eigenvalue weighted by Crippen LogP contribution is -2.49. The lowest BCUT2D eigenvalue weighted by atomic mass is 9.76. The minimum absolute atomic E-state index is 0.148. The molecule has 3 aromatic heterocycles. The third kappa shape index (κ3) is 4.44. The van der Waals surface area contributed by atoms with Crippen LogP contribution in [0.15, 0.2) is 15.7 Å². The minimum Gasteiger partial charge on any atom is -0.389 e. The van der Waals surface area contributed by atoms with Crippen molar-refractivity contribution in [2.24, 2.45) is 4.99 Å². The number of anilines is 2. The highest BCUT2D eigenvalue weighted by atomic mass is 32.1. The maximum Gasteiger partial charge on any atom is 0.176 e. The topological polar surface area (TPSA) is 154 Å². The van der Waals surface area contributed by atoms with Gasteiger partial charge in [0, 0.05) is 41.6 Å². The highest BCUT2D eigenvalue weighted by Crippen LogP contribution is 2.53. The third-order valence-corrected chi connectivity index (χ3v) is 11.7. The summed E-state index contributed by atoms with van der Waals surface area (Å²) in [6, 6.07) is 2.88. The first kappa shape index (κ1) is 29.0. The lowest BCUT2D eigenvalue weighted by molar-refractivity contribution is -0.0580. The van der Waals surface area contributed by atoms with Crippen LogP contribution >= 0.6 is 11.3 Å². The highest BCUT2D eigenvalue weighted by molar-refractivity contribution is 7.16. The molecule has 0 saturated carbocycles. The summed E-state index contributed by atoms with van der Waals surface area (Å²) in [7, 11) is 2.19. The fraction of sp³-hybridized carbons (Fsp3) is 0.625. The molecule has 2 saturated heterocycles. The third-order valence-electron chi connectivity index (χ3n) is 10.7. The average Bonchev–Trinajstić information content (AvgIpc) is 3.81. The molecule has 238 valence electrons. The molecule has 8 rings (SSSR count). The average molecular weight is 632 g/mol. The molecule has 4 N–H and O–H groups in total. The molecular weight excluding hydrogens is 590 g/mol. The number of nitriles is 1. The number of likely N-dealkylation sites (tertiary alicyclic amines) is 2. The zero-order valence-electron chi connectivity index (χ0n) is 26.2. The van der Waals surface area contributed by atoms with Crippen LogP contribution in [0, 0.1) is 11.3 Å². The van der Waals surface area contributed by atoms with Gasteiger partial charge >= 0.3 is 0 Å². The SMILES string of the molecule is C[C@@H]([C@@H]1CCCN1C)n1ncc2c1NC(c1noc3c1CCO[C@]31CCCc3sc(N)c(C#N)c31)N=C2N1CCC[C@@](C)(O)C1. The van der Waals surface area contributed by atoms with Gasteiger partial charge in [-0.05, 0) is 72.4 Å². The summed E-state index contributed by atoms with van der Waals surface area (Å²) in [6.45, 7) is 7.02. The Hall–Kier alpha value is -3.44. The number of nitrogens with one attached hydrogen (secondary N) is 1. The number of aromatic nitrogens is 3. The number of amidine groups is 1. The summed E-state index contributed by atoms with van der Waals surface area (Å²) >= 11 is 1.48. The van der Waals surface area contributed by atoms with E-state index in [1.807, 2.05) is 13.1 Å². The van der Waals surface area contributed by atoms with E-state index >= 15 is 0 Å². The summed E-state index contributed by atoms with van der Waals surface area (Å²) < 4.78 is 14.9. The van der Waals surface area contributed by atoms with Crippen molar-refractivity contribution >= 4 is 28.0 Å². The number of hydrogen-bond donors (Lipinski definition) is 3. The fourth-order valence-electron chi connectivity index (χ4n) is 8.52. The number of hydrogen-bond acceptors (Lipinski definition) is 12. The summed E-state index contributed by atoms with van der Waals surface area (Å²) in [5.41, 5.74) is 8.65. The summed E-state index contributed by atoms with van der Waals surface area (Å²) in [6.07, 6.45) is 8.45. The van der Waals surface area contributed by atoms with E-state index in [1.165, 1.54) is 17.8 Å². The number of β-amino-alcohol motifs (C(OH)–C–C–N with tert-alkyl or cyclic N) is 1. The molecule has 5 aliphatic rings. The molecule has 2 fully saturated rings. The first-order valence-corrected chi connectivity index (χ1v) is 17.1. The maximum absolute atomic E-state index is 11.1. The van der Waals surface area contributed by atoms with Crippen LogP contribution in [0.25, 0.3) is 0 Å².